The molecule has 34 heavy (non-hydrogen) atoms. The van der Waals surface area contributed by atoms with Crippen LogP contribution in [-0.4, -0.2) is 36.3 Å². The molecule has 5 rings (SSSR count). The minimum atomic E-state index is -0.348. The van der Waals surface area contributed by atoms with Crippen molar-refractivity contribution >= 4 is 11.8 Å². The van der Waals surface area contributed by atoms with E-state index in [9.17, 15) is 14.0 Å². The van der Waals surface area contributed by atoms with Crippen LogP contribution in [0.4, 0.5) is 4.39 Å². The zero-order valence-corrected chi connectivity index (χ0v) is 19.1. The summed E-state index contributed by atoms with van der Waals surface area (Å²) in [5.74, 6) is -0.331. The van der Waals surface area contributed by atoms with Crippen molar-refractivity contribution in [1.82, 2.24) is 10.2 Å². The minimum Gasteiger partial charge on any atom is -0.355 e. The zero-order valence-electron chi connectivity index (χ0n) is 19.1. The van der Waals surface area contributed by atoms with E-state index in [1.54, 1.807) is 0 Å². The van der Waals surface area contributed by atoms with Gasteiger partial charge in [-0.3, -0.25) is 9.59 Å². The molecule has 1 atom stereocenters. The number of hydrogen-bond donors (Lipinski definition) is 1. The summed E-state index contributed by atoms with van der Waals surface area (Å²) in [6.07, 6.45) is 1.95. The van der Waals surface area contributed by atoms with E-state index < -0.39 is 0 Å². The number of halogens is 1. The van der Waals surface area contributed by atoms with Crippen molar-refractivity contribution in [3.05, 3.63) is 107 Å². The van der Waals surface area contributed by atoms with E-state index in [0.29, 0.717) is 26.1 Å². The Kier molecular flexibility index (Phi) is 6.18. The third-order valence-electron chi connectivity index (χ3n) is 7.61. The second-order valence-corrected chi connectivity index (χ2v) is 9.53. The van der Waals surface area contributed by atoms with Crippen LogP contribution in [-0.2, 0) is 9.59 Å². The topological polar surface area (TPSA) is 49.4 Å². The molecule has 0 aromatic heterocycles. The van der Waals surface area contributed by atoms with Gasteiger partial charge in [0.05, 0.1) is 5.92 Å². The third kappa shape index (κ3) is 4.35. The van der Waals surface area contributed by atoms with Gasteiger partial charge in [-0.2, -0.15) is 0 Å². The average molecular weight is 457 g/mol. The summed E-state index contributed by atoms with van der Waals surface area (Å²) in [5, 5.41) is 3.00. The number of piperidine rings is 2. The first-order valence-corrected chi connectivity index (χ1v) is 12.0. The quantitative estimate of drug-likeness (QED) is 0.609. The summed E-state index contributed by atoms with van der Waals surface area (Å²) < 4.78 is 13.5. The molecule has 2 saturated heterocycles. The Balaban J connectivity index is 1.39. The largest absolute Gasteiger partial charge is 0.355 e. The lowest BCUT2D eigenvalue weighted by Crippen LogP contribution is -2.53. The highest BCUT2D eigenvalue weighted by Gasteiger charge is 2.47. The summed E-state index contributed by atoms with van der Waals surface area (Å²) in [6, 6.07) is 26.5. The molecule has 0 radical (unpaired) electrons. The van der Waals surface area contributed by atoms with E-state index in [-0.39, 0.29) is 34.9 Å². The Morgan fingerprint density at radius 1 is 0.882 bits per heavy atom. The predicted octanol–water partition coefficient (Wildman–Crippen LogP) is 4.87. The summed E-state index contributed by atoms with van der Waals surface area (Å²) >= 11 is 0. The summed E-state index contributed by atoms with van der Waals surface area (Å²) in [5.41, 5.74) is 2.81. The van der Waals surface area contributed by atoms with Gasteiger partial charge in [0, 0.05) is 32.0 Å². The van der Waals surface area contributed by atoms with Gasteiger partial charge in [-0.1, -0.05) is 72.8 Å². The molecule has 5 heteroatoms. The van der Waals surface area contributed by atoms with Crippen molar-refractivity contribution in [3.8, 4) is 0 Å². The van der Waals surface area contributed by atoms with Crippen LogP contribution in [0.5, 0.6) is 0 Å². The fraction of sp³-hybridized carbons (Fsp3) is 0.310. The van der Waals surface area contributed by atoms with Gasteiger partial charge in [0.2, 0.25) is 11.8 Å². The van der Waals surface area contributed by atoms with Crippen LogP contribution >= 0.6 is 0 Å². The second kappa shape index (κ2) is 9.41. The Bertz CT molecular complexity index is 1100. The third-order valence-corrected chi connectivity index (χ3v) is 7.61. The smallest absolute Gasteiger partial charge is 0.234 e. The van der Waals surface area contributed by atoms with Crippen molar-refractivity contribution in [3.63, 3.8) is 0 Å². The van der Waals surface area contributed by atoms with Crippen LogP contribution in [0.1, 0.15) is 47.8 Å². The van der Waals surface area contributed by atoms with Crippen molar-refractivity contribution in [2.45, 2.75) is 31.1 Å². The van der Waals surface area contributed by atoms with E-state index >= 15 is 0 Å². The highest BCUT2D eigenvalue weighted by molar-refractivity contribution is 5.87. The van der Waals surface area contributed by atoms with Crippen molar-refractivity contribution < 1.29 is 14.0 Å². The summed E-state index contributed by atoms with van der Waals surface area (Å²) in [7, 11) is 0. The maximum Gasteiger partial charge on any atom is 0.234 e. The van der Waals surface area contributed by atoms with Gasteiger partial charge >= 0.3 is 0 Å². The molecular weight excluding hydrogens is 427 g/mol. The van der Waals surface area contributed by atoms with Gasteiger partial charge < -0.3 is 10.2 Å². The molecule has 3 aromatic rings. The molecule has 2 heterocycles. The summed E-state index contributed by atoms with van der Waals surface area (Å²) in [6.45, 7) is 1.77. The van der Waals surface area contributed by atoms with Crippen molar-refractivity contribution in [2.75, 3.05) is 19.6 Å². The zero-order chi connectivity index (χ0) is 23.5. The van der Waals surface area contributed by atoms with Gasteiger partial charge in [0.15, 0.2) is 0 Å². The maximum absolute atomic E-state index is 13.8. The Morgan fingerprint density at radius 2 is 1.44 bits per heavy atom. The van der Waals surface area contributed by atoms with Crippen molar-refractivity contribution in [1.29, 1.82) is 0 Å². The van der Waals surface area contributed by atoms with Crippen LogP contribution < -0.4 is 5.32 Å². The first-order chi connectivity index (χ1) is 16.6. The lowest BCUT2D eigenvalue weighted by atomic mass is 9.62. The number of amides is 2. The van der Waals surface area contributed by atoms with Crippen LogP contribution in [0.2, 0.25) is 0 Å². The number of nitrogens with zero attached hydrogens (tertiary/aromatic N) is 1. The van der Waals surface area contributed by atoms with E-state index in [2.05, 4.69) is 5.32 Å². The normalized spacial score (nSPS) is 19.8. The van der Waals surface area contributed by atoms with Crippen LogP contribution in [0.15, 0.2) is 84.9 Å². The lowest BCUT2D eigenvalue weighted by Gasteiger charge is -2.49. The van der Waals surface area contributed by atoms with E-state index in [0.717, 1.165) is 29.5 Å². The second-order valence-electron chi connectivity index (χ2n) is 9.53. The van der Waals surface area contributed by atoms with E-state index in [1.165, 1.54) is 12.1 Å². The molecule has 0 bridgehead atoms. The van der Waals surface area contributed by atoms with Crippen LogP contribution in [0.3, 0.4) is 0 Å². The lowest BCUT2D eigenvalue weighted by molar-refractivity contribution is -0.136. The fourth-order valence-electron chi connectivity index (χ4n) is 5.75. The molecule has 2 aliphatic heterocycles. The Morgan fingerprint density at radius 3 is 2.00 bits per heavy atom. The Hall–Kier alpha value is -3.47. The number of benzene rings is 3. The monoisotopic (exact) mass is 456 g/mol. The number of carbonyl (C=O) groups is 2. The van der Waals surface area contributed by atoms with E-state index in [4.69, 9.17) is 0 Å². The molecule has 2 aliphatic rings. The molecule has 1 N–H and O–H groups in total. The van der Waals surface area contributed by atoms with Gasteiger partial charge in [0.1, 0.15) is 5.82 Å². The summed E-state index contributed by atoms with van der Waals surface area (Å²) in [4.78, 5) is 28.2. The van der Waals surface area contributed by atoms with Crippen LogP contribution in [0, 0.1) is 11.2 Å². The molecule has 174 valence electrons. The van der Waals surface area contributed by atoms with Gasteiger partial charge in [-0.25, -0.2) is 4.39 Å². The minimum absolute atomic E-state index is 0.0598. The number of carbonyl (C=O) groups excluding carboxylic acids is 2. The van der Waals surface area contributed by atoms with Gasteiger partial charge in [0.25, 0.3) is 0 Å². The molecule has 0 unspecified atom stereocenters. The van der Waals surface area contributed by atoms with E-state index in [1.807, 2.05) is 77.7 Å². The molecule has 2 amide bonds. The van der Waals surface area contributed by atoms with Crippen molar-refractivity contribution in [2.24, 2.45) is 5.41 Å². The number of likely N-dealkylation sites (tertiary alicyclic amines) is 1. The SMILES string of the molecule is O=C1CC2(CCN(C(=O)C(c3ccccc3)c3ccccc3)CC2)[C@H](c2ccc(F)cc2)CN1. The Labute approximate surface area is 199 Å². The first-order valence-electron chi connectivity index (χ1n) is 12.0. The molecular formula is C29H29FN2O2. The fourth-order valence-corrected chi connectivity index (χ4v) is 5.75. The average Bonchev–Trinajstić information content (AvgIpc) is 2.87. The number of rotatable bonds is 4. The molecule has 2 fully saturated rings. The maximum atomic E-state index is 13.8. The number of hydrogen-bond acceptors (Lipinski definition) is 2. The molecule has 1 spiro atoms. The standard InChI is InChI=1S/C29H29FN2O2/c30-24-13-11-21(12-14-24)25-20-31-26(33)19-29(25)15-17-32(18-16-29)28(34)27(22-7-3-1-4-8-22)23-9-5-2-6-10-23/h1-14,25,27H,15-20H2,(H,31,33)/t25-/m0/s1. The number of nitrogens with one attached hydrogen (secondary N) is 1. The van der Waals surface area contributed by atoms with Crippen LogP contribution in [0.25, 0.3) is 0 Å². The predicted molar refractivity (Wildman–Crippen MR) is 130 cm³/mol. The molecule has 4 nitrogen and oxygen atoms in total. The highest BCUT2D eigenvalue weighted by Crippen LogP contribution is 2.49. The van der Waals surface area contributed by atoms with Gasteiger partial charge in [-0.05, 0) is 47.1 Å². The highest BCUT2D eigenvalue weighted by atomic mass is 19.1. The first kappa shape index (κ1) is 22.3. The molecule has 0 saturated carbocycles. The molecule has 0 aliphatic carbocycles. The van der Waals surface area contributed by atoms with Gasteiger partial charge in [-0.15, -0.1) is 0 Å². The molecule has 3 aromatic carbocycles.